The molecule has 0 amide bonds. The SMILES string of the molecule is ClCc1ccc(CCl)c(Nc2ccccc2)c1. The lowest BCUT2D eigenvalue weighted by Crippen LogP contribution is -1.95. The van der Waals surface area contributed by atoms with Crippen molar-refractivity contribution in [2.75, 3.05) is 5.32 Å². The molecule has 0 atom stereocenters. The molecule has 3 heteroatoms. The van der Waals surface area contributed by atoms with Gasteiger partial charge in [-0.15, -0.1) is 23.2 Å². The molecule has 88 valence electrons. The second-order valence-electron chi connectivity index (χ2n) is 3.75. The molecule has 0 spiro atoms. The molecular weight excluding hydrogens is 253 g/mol. The maximum Gasteiger partial charge on any atom is 0.0494 e. The number of halogens is 2. The summed E-state index contributed by atoms with van der Waals surface area (Å²) in [5, 5.41) is 3.36. The molecule has 0 aliphatic carbocycles. The van der Waals surface area contributed by atoms with Crippen LogP contribution in [0, 0.1) is 0 Å². The highest BCUT2D eigenvalue weighted by molar-refractivity contribution is 6.18. The monoisotopic (exact) mass is 265 g/mol. The fourth-order valence-corrected chi connectivity index (χ4v) is 2.02. The molecule has 2 rings (SSSR count). The zero-order chi connectivity index (χ0) is 12.1. The van der Waals surface area contributed by atoms with Gasteiger partial charge in [-0.3, -0.25) is 0 Å². The van der Waals surface area contributed by atoms with Gasteiger partial charge >= 0.3 is 0 Å². The summed E-state index contributed by atoms with van der Waals surface area (Å²) in [6, 6.07) is 16.1. The topological polar surface area (TPSA) is 12.0 Å². The van der Waals surface area contributed by atoms with Crippen LogP contribution in [0.5, 0.6) is 0 Å². The van der Waals surface area contributed by atoms with E-state index in [1.807, 2.05) is 48.5 Å². The number of alkyl halides is 2. The molecule has 0 unspecified atom stereocenters. The molecular formula is C14H13Cl2N. The molecule has 0 saturated heterocycles. The van der Waals surface area contributed by atoms with Crippen LogP contribution in [-0.4, -0.2) is 0 Å². The van der Waals surface area contributed by atoms with Crippen LogP contribution in [0.25, 0.3) is 0 Å². The van der Waals surface area contributed by atoms with Gasteiger partial charge in [0.1, 0.15) is 0 Å². The van der Waals surface area contributed by atoms with Crippen molar-refractivity contribution < 1.29 is 0 Å². The van der Waals surface area contributed by atoms with E-state index < -0.39 is 0 Å². The normalized spacial score (nSPS) is 10.2. The van der Waals surface area contributed by atoms with Gasteiger partial charge in [0.15, 0.2) is 0 Å². The van der Waals surface area contributed by atoms with Gasteiger partial charge in [-0.05, 0) is 29.3 Å². The summed E-state index contributed by atoms with van der Waals surface area (Å²) in [7, 11) is 0. The summed E-state index contributed by atoms with van der Waals surface area (Å²) in [5.41, 5.74) is 4.22. The minimum absolute atomic E-state index is 0.484. The number of hydrogen-bond donors (Lipinski definition) is 1. The number of rotatable bonds is 4. The van der Waals surface area contributed by atoms with Crippen molar-refractivity contribution in [3.8, 4) is 0 Å². The second-order valence-corrected chi connectivity index (χ2v) is 4.28. The molecule has 0 bridgehead atoms. The van der Waals surface area contributed by atoms with Crippen LogP contribution in [0.2, 0.25) is 0 Å². The van der Waals surface area contributed by atoms with E-state index in [9.17, 15) is 0 Å². The number of anilines is 2. The Kier molecular flexibility index (Phi) is 4.29. The molecule has 1 nitrogen and oxygen atoms in total. The van der Waals surface area contributed by atoms with Crippen LogP contribution in [-0.2, 0) is 11.8 Å². The smallest absolute Gasteiger partial charge is 0.0494 e. The van der Waals surface area contributed by atoms with Gasteiger partial charge < -0.3 is 5.32 Å². The molecule has 0 aliphatic rings. The first-order valence-corrected chi connectivity index (χ1v) is 6.46. The summed E-state index contributed by atoms with van der Waals surface area (Å²) in [6.07, 6.45) is 0. The third-order valence-corrected chi connectivity index (χ3v) is 3.12. The van der Waals surface area contributed by atoms with Crippen LogP contribution >= 0.6 is 23.2 Å². The average Bonchev–Trinajstić information content (AvgIpc) is 2.40. The molecule has 0 fully saturated rings. The van der Waals surface area contributed by atoms with Crippen molar-refractivity contribution in [1.82, 2.24) is 0 Å². The summed E-state index contributed by atoms with van der Waals surface area (Å²) in [4.78, 5) is 0. The lowest BCUT2D eigenvalue weighted by Gasteiger charge is -2.11. The molecule has 0 radical (unpaired) electrons. The average molecular weight is 266 g/mol. The molecule has 0 aromatic heterocycles. The van der Waals surface area contributed by atoms with Gasteiger partial charge in [0.2, 0.25) is 0 Å². The van der Waals surface area contributed by atoms with E-state index in [0.29, 0.717) is 11.8 Å². The number of hydrogen-bond acceptors (Lipinski definition) is 1. The first kappa shape index (κ1) is 12.3. The fraction of sp³-hybridized carbons (Fsp3) is 0.143. The highest BCUT2D eigenvalue weighted by atomic mass is 35.5. The molecule has 0 heterocycles. The van der Waals surface area contributed by atoms with E-state index in [-0.39, 0.29) is 0 Å². The van der Waals surface area contributed by atoms with Crippen molar-refractivity contribution in [2.45, 2.75) is 11.8 Å². The minimum atomic E-state index is 0.484. The Morgan fingerprint density at radius 2 is 1.65 bits per heavy atom. The van der Waals surface area contributed by atoms with Crippen molar-refractivity contribution in [1.29, 1.82) is 0 Å². The number of para-hydroxylation sites is 1. The summed E-state index contributed by atoms with van der Waals surface area (Å²) in [6.45, 7) is 0. The van der Waals surface area contributed by atoms with Gasteiger partial charge in [0.05, 0.1) is 0 Å². The van der Waals surface area contributed by atoms with E-state index in [4.69, 9.17) is 23.2 Å². The van der Waals surface area contributed by atoms with Crippen molar-refractivity contribution in [3.05, 3.63) is 59.7 Å². The highest BCUT2D eigenvalue weighted by Crippen LogP contribution is 2.24. The fourth-order valence-electron chi connectivity index (χ4n) is 1.62. The highest BCUT2D eigenvalue weighted by Gasteiger charge is 2.03. The molecule has 0 saturated carbocycles. The van der Waals surface area contributed by atoms with E-state index in [2.05, 4.69) is 5.32 Å². The van der Waals surface area contributed by atoms with Crippen LogP contribution < -0.4 is 5.32 Å². The minimum Gasteiger partial charge on any atom is -0.355 e. The Bertz CT molecular complexity index is 483. The Balaban J connectivity index is 2.30. The van der Waals surface area contributed by atoms with Gasteiger partial charge in [-0.25, -0.2) is 0 Å². The van der Waals surface area contributed by atoms with E-state index in [0.717, 1.165) is 22.5 Å². The third-order valence-electron chi connectivity index (χ3n) is 2.53. The Labute approximate surface area is 111 Å². The number of benzene rings is 2. The van der Waals surface area contributed by atoms with E-state index in [1.54, 1.807) is 0 Å². The predicted octanol–water partition coefficient (Wildman–Crippen LogP) is 4.91. The van der Waals surface area contributed by atoms with Crippen LogP contribution in [0.15, 0.2) is 48.5 Å². The molecule has 2 aromatic rings. The summed E-state index contributed by atoms with van der Waals surface area (Å²) >= 11 is 11.8. The lowest BCUT2D eigenvalue weighted by atomic mass is 10.1. The summed E-state index contributed by atoms with van der Waals surface area (Å²) < 4.78 is 0. The molecule has 0 aliphatic heterocycles. The standard InChI is InChI=1S/C14H13Cl2N/c15-9-11-6-7-12(10-16)14(8-11)17-13-4-2-1-3-5-13/h1-8,17H,9-10H2. The van der Waals surface area contributed by atoms with Crippen molar-refractivity contribution in [3.63, 3.8) is 0 Å². The lowest BCUT2D eigenvalue weighted by molar-refractivity contribution is 1.32. The zero-order valence-corrected chi connectivity index (χ0v) is 10.8. The van der Waals surface area contributed by atoms with Gasteiger partial charge in [-0.2, -0.15) is 0 Å². The third kappa shape index (κ3) is 3.15. The predicted molar refractivity (Wildman–Crippen MR) is 75.3 cm³/mol. The van der Waals surface area contributed by atoms with Gasteiger partial charge in [0, 0.05) is 23.1 Å². The van der Waals surface area contributed by atoms with E-state index >= 15 is 0 Å². The Morgan fingerprint density at radius 1 is 0.882 bits per heavy atom. The number of nitrogens with one attached hydrogen (secondary N) is 1. The zero-order valence-electron chi connectivity index (χ0n) is 9.29. The first-order chi connectivity index (χ1) is 8.33. The largest absolute Gasteiger partial charge is 0.355 e. The maximum atomic E-state index is 5.92. The Hall–Kier alpha value is -1.18. The van der Waals surface area contributed by atoms with Crippen LogP contribution in [0.4, 0.5) is 11.4 Å². The van der Waals surface area contributed by atoms with E-state index in [1.165, 1.54) is 0 Å². The van der Waals surface area contributed by atoms with Gasteiger partial charge in [-0.1, -0.05) is 30.3 Å². The quantitative estimate of drug-likeness (QED) is 0.775. The molecule has 17 heavy (non-hydrogen) atoms. The first-order valence-electron chi connectivity index (χ1n) is 5.39. The maximum absolute atomic E-state index is 5.92. The van der Waals surface area contributed by atoms with Crippen molar-refractivity contribution >= 4 is 34.6 Å². The molecule has 2 aromatic carbocycles. The molecule has 1 N–H and O–H groups in total. The second kappa shape index (κ2) is 5.95. The summed E-state index contributed by atoms with van der Waals surface area (Å²) in [5.74, 6) is 0.990. The van der Waals surface area contributed by atoms with Crippen LogP contribution in [0.1, 0.15) is 11.1 Å². The van der Waals surface area contributed by atoms with Crippen LogP contribution in [0.3, 0.4) is 0 Å². The Morgan fingerprint density at radius 3 is 2.29 bits per heavy atom. The van der Waals surface area contributed by atoms with Crippen molar-refractivity contribution in [2.24, 2.45) is 0 Å². The van der Waals surface area contributed by atoms with Gasteiger partial charge in [0.25, 0.3) is 0 Å².